The summed E-state index contributed by atoms with van der Waals surface area (Å²) < 4.78 is 11.0. The van der Waals surface area contributed by atoms with E-state index in [4.69, 9.17) is 9.47 Å². The van der Waals surface area contributed by atoms with Crippen LogP contribution in [-0.2, 0) is 9.47 Å². The van der Waals surface area contributed by atoms with E-state index in [0.717, 1.165) is 32.4 Å². The molecule has 2 saturated heterocycles. The summed E-state index contributed by atoms with van der Waals surface area (Å²) in [6.07, 6.45) is 2.96. The number of piperidine rings is 1. The third kappa shape index (κ3) is 2.48. The molecule has 0 aromatic rings. The molecule has 2 heterocycles. The lowest BCUT2D eigenvalue weighted by Gasteiger charge is -2.48. The molecule has 4 heteroatoms. The second-order valence-corrected chi connectivity index (χ2v) is 5.79. The highest BCUT2D eigenvalue weighted by Crippen LogP contribution is 2.35. The first kappa shape index (κ1) is 11.7. The molecule has 0 aromatic carbocycles. The van der Waals surface area contributed by atoms with Gasteiger partial charge in [0, 0.05) is 13.0 Å². The quantitative estimate of drug-likeness (QED) is 0.636. The van der Waals surface area contributed by atoms with Crippen molar-refractivity contribution < 1.29 is 14.3 Å². The van der Waals surface area contributed by atoms with E-state index < -0.39 is 5.60 Å². The van der Waals surface area contributed by atoms with Gasteiger partial charge in [0.1, 0.15) is 5.60 Å². The molecule has 1 atom stereocenters. The molecular weight excluding hydrogens is 206 g/mol. The van der Waals surface area contributed by atoms with Gasteiger partial charge in [-0.15, -0.1) is 0 Å². The highest BCUT2D eigenvalue weighted by molar-refractivity contribution is 5.68. The van der Waals surface area contributed by atoms with Crippen molar-refractivity contribution in [3.63, 3.8) is 0 Å². The minimum absolute atomic E-state index is 0.0465. The van der Waals surface area contributed by atoms with Crippen molar-refractivity contribution in [2.75, 3.05) is 19.7 Å². The third-order valence-corrected chi connectivity index (χ3v) is 3.16. The molecule has 1 amide bonds. The summed E-state index contributed by atoms with van der Waals surface area (Å²) in [7, 11) is 0. The SMILES string of the molecule is CC(C)(C)OC(=O)N1CCC[C@@]2(CCO2)C1. The molecule has 2 fully saturated rings. The molecule has 92 valence electrons. The molecule has 2 aliphatic heterocycles. The number of carbonyl (C=O) groups excluding carboxylic acids is 1. The van der Waals surface area contributed by atoms with Crippen molar-refractivity contribution in [3.05, 3.63) is 0 Å². The first-order valence-electron chi connectivity index (χ1n) is 6.02. The average Bonchev–Trinajstić information content (AvgIpc) is 2.13. The minimum atomic E-state index is -0.415. The number of nitrogens with zero attached hydrogens (tertiary/aromatic N) is 1. The van der Waals surface area contributed by atoms with Crippen molar-refractivity contribution >= 4 is 6.09 Å². The molecule has 16 heavy (non-hydrogen) atoms. The largest absolute Gasteiger partial charge is 0.444 e. The Morgan fingerprint density at radius 2 is 2.06 bits per heavy atom. The Bertz CT molecular complexity index is 278. The van der Waals surface area contributed by atoms with E-state index in [9.17, 15) is 4.79 Å². The highest BCUT2D eigenvalue weighted by Gasteiger charge is 2.43. The molecule has 0 unspecified atom stereocenters. The van der Waals surface area contributed by atoms with Crippen molar-refractivity contribution in [1.82, 2.24) is 4.90 Å². The van der Waals surface area contributed by atoms with E-state index in [1.807, 2.05) is 20.8 Å². The van der Waals surface area contributed by atoms with E-state index in [1.165, 1.54) is 0 Å². The molecule has 2 rings (SSSR count). The zero-order valence-electron chi connectivity index (χ0n) is 10.4. The molecule has 0 saturated carbocycles. The van der Waals surface area contributed by atoms with Gasteiger partial charge >= 0.3 is 6.09 Å². The molecule has 0 N–H and O–H groups in total. The average molecular weight is 227 g/mol. The molecule has 2 aliphatic rings. The fourth-order valence-electron chi connectivity index (χ4n) is 2.29. The number of amides is 1. The van der Waals surface area contributed by atoms with Crippen LogP contribution in [0, 0.1) is 0 Å². The lowest BCUT2D eigenvalue weighted by Crippen LogP contribution is -2.57. The number of rotatable bonds is 0. The third-order valence-electron chi connectivity index (χ3n) is 3.16. The van der Waals surface area contributed by atoms with Crippen LogP contribution in [-0.4, -0.2) is 41.9 Å². The van der Waals surface area contributed by atoms with Crippen LogP contribution in [0.15, 0.2) is 0 Å². The maximum absolute atomic E-state index is 11.9. The van der Waals surface area contributed by atoms with Crippen molar-refractivity contribution in [3.8, 4) is 0 Å². The van der Waals surface area contributed by atoms with Gasteiger partial charge in [0.15, 0.2) is 0 Å². The van der Waals surface area contributed by atoms with E-state index in [2.05, 4.69) is 0 Å². The van der Waals surface area contributed by atoms with E-state index in [-0.39, 0.29) is 11.7 Å². The van der Waals surface area contributed by atoms with Gasteiger partial charge in [0.25, 0.3) is 0 Å². The van der Waals surface area contributed by atoms with Gasteiger partial charge in [-0.3, -0.25) is 0 Å². The maximum Gasteiger partial charge on any atom is 0.410 e. The van der Waals surface area contributed by atoms with Crippen molar-refractivity contribution in [2.24, 2.45) is 0 Å². The summed E-state index contributed by atoms with van der Waals surface area (Å²) in [5.74, 6) is 0. The Hall–Kier alpha value is -0.770. The van der Waals surface area contributed by atoms with Gasteiger partial charge in [0.2, 0.25) is 0 Å². The lowest BCUT2D eigenvalue weighted by atomic mass is 9.86. The second-order valence-electron chi connectivity index (χ2n) is 5.79. The Morgan fingerprint density at radius 3 is 2.56 bits per heavy atom. The smallest absolute Gasteiger partial charge is 0.410 e. The lowest BCUT2D eigenvalue weighted by molar-refractivity contribution is -0.174. The predicted molar refractivity (Wildman–Crippen MR) is 60.3 cm³/mol. The van der Waals surface area contributed by atoms with Crippen LogP contribution in [0.2, 0.25) is 0 Å². The summed E-state index contributed by atoms with van der Waals surface area (Å²) in [5.41, 5.74) is -0.461. The Balaban J connectivity index is 1.91. The number of hydrogen-bond acceptors (Lipinski definition) is 3. The van der Waals surface area contributed by atoms with Gasteiger partial charge < -0.3 is 14.4 Å². The topological polar surface area (TPSA) is 38.8 Å². The molecule has 0 radical (unpaired) electrons. The molecule has 0 aliphatic carbocycles. The Labute approximate surface area is 96.9 Å². The number of ether oxygens (including phenoxy) is 2. The predicted octanol–water partition coefficient (Wildman–Crippen LogP) is 2.18. The Kier molecular flexibility index (Phi) is 2.86. The summed E-state index contributed by atoms with van der Waals surface area (Å²) >= 11 is 0. The standard InChI is InChI=1S/C12H21NO3/c1-11(2,3)16-10(14)13-7-4-5-12(9-13)6-8-15-12/h4-9H2,1-3H3/t12-/m1/s1. The first-order valence-corrected chi connectivity index (χ1v) is 6.02. The zero-order valence-corrected chi connectivity index (χ0v) is 10.4. The molecule has 0 bridgehead atoms. The van der Waals surface area contributed by atoms with Crippen LogP contribution in [0.1, 0.15) is 40.0 Å². The summed E-state index contributed by atoms with van der Waals surface area (Å²) in [6, 6.07) is 0. The summed E-state index contributed by atoms with van der Waals surface area (Å²) in [6.45, 7) is 8.00. The zero-order chi connectivity index (χ0) is 11.8. The second kappa shape index (κ2) is 3.91. The summed E-state index contributed by atoms with van der Waals surface area (Å²) in [4.78, 5) is 13.7. The monoisotopic (exact) mass is 227 g/mol. The van der Waals surface area contributed by atoms with Crippen molar-refractivity contribution in [2.45, 2.75) is 51.2 Å². The van der Waals surface area contributed by atoms with Crippen LogP contribution in [0.3, 0.4) is 0 Å². The van der Waals surface area contributed by atoms with Crippen LogP contribution in [0.4, 0.5) is 4.79 Å². The van der Waals surface area contributed by atoms with Gasteiger partial charge in [-0.2, -0.15) is 0 Å². The van der Waals surface area contributed by atoms with E-state index >= 15 is 0 Å². The van der Waals surface area contributed by atoms with Crippen LogP contribution < -0.4 is 0 Å². The molecule has 4 nitrogen and oxygen atoms in total. The normalized spacial score (nSPS) is 30.1. The van der Waals surface area contributed by atoms with Gasteiger partial charge in [-0.05, 0) is 33.6 Å². The van der Waals surface area contributed by atoms with E-state index in [1.54, 1.807) is 4.90 Å². The molecule has 1 spiro atoms. The van der Waals surface area contributed by atoms with Crippen molar-refractivity contribution in [1.29, 1.82) is 0 Å². The van der Waals surface area contributed by atoms with Crippen LogP contribution in [0.25, 0.3) is 0 Å². The molecule has 0 aromatic heterocycles. The summed E-state index contributed by atoms with van der Waals surface area (Å²) in [5, 5.41) is 0. The Morgan fingerprint density at radius 1 is 1.38 bits per heavy atom. The van der Waals surface area contributed by atoms with E-state index in [0.29, 0.717) is 6.54 Å². The van der Waals surface area contributed by atoms with Crippen LogP contribution in [0.5, 0.6) is 0 Å². The van der Waals surface area contributed by atoms with Gasteiger partial charge in [-0.1, -0.05) is 0 Å². The molecular formula is C12H21NO3. The van der Waals surface area contributed by atoms with Crippen LogP contribution >= 0.6 is 0 Å². The van der Waals surface area contributed by atoms with Gasteiger partial charge in [0.05, 0.1) is 18.8 Å². The highest BCUT2D eigenvalue weighted by atomic mass is 16.6. The van der Waals surface area contributed by atoms with Gasteiger partial charge in [-0.25, -0.2) is 4.79 Å². The first-order chi connectivity index (χ1) is 7.40. The fraction of sp³-hybridized carbons (Fsp3) is 0.917. The number of likely N-dealkylation sites (tertiary alicyclic amines) is 1. The number of carbonyl (C=O) groups is 1. The number of hydrogen-bond donors (Lipinski definition) is 0. The maximum atomic E-state index is 11.9. The minimum Gasteiger partial charge on any atom is -0.444 e. The fourth-order valence-corrected chi connectivity index (χ4v) is 2.29.